The van der Waals surface area contributed by atoms with Crippen LogP contribution in [0.15, 0.2) is 77.9 Å². The normalized spacial score (nSPS) is 12.7. The first kappa shape index (κ1) is 21.2. The fourth-order valence-electron chi connectivity index (χ4n) is 2.83. The van der Waals surface area contributed by atoms with Gasteiger partial charge in [0.05, 0.1) is 17.7 Å². The second kappa shape index (κ2) is 8.90. The summed E-state index contributed by atoms with van der Waals surface area (Å²) in [4.78, 5) is 12.3. The highest BCUT2D eigenvalue weighted by atomic mass is 19.4. The van der Waals surface area contributed by atoms with Gasteiger partial charge in [-0.1, -0.05) is 54.6 Å². The molecule has 0 aromatic heterocycles. The lowest BCUT2D eigenvalue weighted by Crippen LogP contribution is -2.23. The monoisotopic (exact) mass is 414 g/mol. The highest BCUT2D eigenvalue weighted by Gasteiger charge is 2.29. The second-order valence-corrected chi connectivity index (χ2v) is 6.68. The molecule has 7 heteroatoms. The third kappa shape index (κ3) is 5.11. The molecule has 0 fully saturated rings. The number of rotatable bonds is 5. The van der Waals surface area contributed by atoms with Crippen LogP contribution >= 0.6 is 0 Å². The zero-order valence-electron chi connectivity index (χ0n) is 16.0. The van der Waals surface area contributed by atoms with E-state index in [0.717, 1.165) is 17.7 Å². The van der Waals surface area contributed by atoms with Gasteiger partial charge in [0.1, 0.15) is 5.82 Å². The fourth-order valence-corrected chi connectivity index (χ4v) is 2.83. The molecular formula is C23H18F4N2O. The van der Waals surface area contributed by atoms with Crippen LogP contribution in [0.25, 0.3) is 11.1 Å². The number of hydrogen-bond donors (Lipinski definition) is 1. The Morgan fingerprint density at radius 3 is 2.27 bits per heavy atom. The molecule has 0 saturated heterocycles. The van der Waals surface area contributed by atoms with E-state index in [1.807, 2.05) is 18.2 Å². The quantitative estimate of drug-likeness (QED) is 0.322. The van der Waals surface area contributed by atoms with Crippen LogP contribution in [0.1, 0.15) is 29.5 Å². The number of benzene rings is 3. The molecule has 1 atom stereocenters. The first-order valence-corrected chi connectivity index (χ1v) is 9.11. The van der Waals surface area contributed by atoms with Crippen molar-refractivity contribution in [3.8, 4) is 11.1 Å². The van der Waals surface area contributed by atoms with Crippen molar-refractivity contribution in [2.45, 2.75) is 19.0 Å². The summed E-state index contributed by atoms with van der Waals surface area (Å²) in [6, 6.07) is 18.0. The number of nitrogens with zero attached hydrogens (tertiary/aromatic N) is 1. The van der Waals surface area contributed by atoms with Crippen LogP contribution in [0.5, 0.6) is 0 Å². The zero-order chi connectivity index (χ0) is 21.7. The predicted octanol–water partition coefficient (Wildman–Crippen LogP) is 5.77. The van der Waals surface area contributed by atoms with Gasteiger partial charge < -0.3 is 0 Å². The second-order valence-electron chi connectivity index (χ2n) is 6.68. The molecule has 1 N–H and O–H groups in total. The molecule has 30 heavy (non-hydrogen) atoms. The maximum absolute atomic E-state index is 14.5. The Bertz CT molecular complexity index is 1050. The molecule has 3 rings (SSSR count). The Kier molecular flexibility index (Phi) is 6.30. The fraction of sp³-hybridized carbons (Fsp3) is 0.130. The van der Waals surface area contributed by atoms with Crippen molar-refractivity contribution in [1.82, 2.24) is 5.43 Å². The van der Waals surface area contributed by atoms with Crippen molar-refractivity contribution in [1.29, 1.82) is 0 Å². The van der Waals surface area contributed by atoms with E-state index in [9.17, 15) is 22.4 Å². The maximum atomic E-state index is 14.5. The van der Waals surface area contributed by atoms with Gasteiger partial charge in [-0.05, 0) is 41.8 Å². The van der Waals surface area contributed by atoms with Crippen molar-refractivity contribution in [2.24, 2.45) is 5.10 Å². The van der Waals surface area contributed by atoms with Gasteiger partial charge in [-0.15, -0.1) is 0 Å². The number of carbonyl (C=O) groups excluding carboxylic acids is 1. The average Bonchev–Trinajstić information content (AvgIpc) is 2.73. The average molecular weight is 414 g/mol. The number of amides is 1. The Morgan fingerprint density at radius 1 is 1.00 bits per heavy atom. The van der Waals surface area contributed by atoms with E-state index >= 15 is 0 Å². The summed E-state index contributed by atoms with van der Waals surface area (Å²) >= 11 is 0. The van der Waals surface area contributed by atoms with Gasteiger partial charge in [0.15, 0.2) is 0 Å². The topological polar surface area (TPSA) is 41.5 Å². The first-order valence-electron chi connectivity index (χ1n) is 9.11. The van der Waals surface area contributed by atoms with E-state index in [4.69, 9.17) is 0 Å². The molecule has 3 aromatic rings. The molecule has 0 heterocycles. The van der Waals surface area contributed by atoms with E-state index < -0.39 is 29.4 Å². The number of hydrazone groups is 1. The third-order valence-electron chi connectivity index (χ3n) is 4.60. The van der Waals surface area contributed by atoms with Crippen LogP contribution < -0.4 is 5.43 Å². The number of hydrogen-bond acceptors (Lipinski definition) is 2. The Hall–Kier alpha value is -3.48. The summed E-state index contributed by atoms with van der Waals surface area (Å²) in [6.45, 7) is 1.61. The molecule has 0 bridgehead atoms. The lowest BCUT2D eigenvalue weighted by molar-refractivity contribution is -0.137. The SMILES string of the molecule is CC(C(=O)N/N=C/c1ccc(C(F)(F)F)cc1)c1ccc(-c2ccccc2)c(F)c1. The van der Waals surface area contributed by atoms with Gasteiger partial charge in [-0.2, -0.15) is 18.3 Å². The molecule has 0 aliphatic rings. The molecule has 154 valence electrons. The summed E-state index contributed by atoms with van der Waals surface area (Å²) in [5, 5.41) is 3.77. The molecular weight excluding hydrogens is 396 g/mol. The molecule has 0 radical (unpaired) electrons. The molecule has 0 spiro atoms. The van der Waals surface area contributed by atoms with Crippen molar-refractivity contribution < 1.29 is 22.4 Å². The minimum atomic E-state index is -4.41. The summed E-state index contributed by atoms with van der Waals surface area (Å²) in [5.74, 6) is -1.58. The van der Waals surface area contributed by atoms with Crippen LogP contribution in [-0.2, 0) is 11.0 Å². The summed E-state index contributed by atoms with van der Waals surface area (Å²) in [5.41, 5.74) is 3.61. The largest absolute Gasteiger partial charge is 0.416 e. The van der Waals surface area contributed by atoms with E-state index in [1.54, 1.807) is 31.2 Å². The summed E-state index contributed by atoms with van der Waals surface area (Å²) < 4.78 is 52.2. The molecule has 3 aromatic carbocycles. The van der Waals surface area contributed by atoms with Crippen LogP contribution in [0.2, 0.25) is 0 Å². The van der Waals surface area contributed by atoms with Crippen LogP contribution in [0.3, 0.4) is 0 Å². The van der Waals surface area contributed by atoms with Gasteiger partial charge in [0, 0.05) is 5.56 Å². The van der Waals surface area contributed by atoms with Crippen molar-refractivity contribution in [2.75, 3.05) is 0 Å². The van der Waals surface area contributed by atoms with Gasteiger partial charge in [0.2, 0.25) is 5.91 Å². The standard InChI is InChI=1S/C23H18F4N2O/c1-15(18-9-12-20(21(24)13-18)17-5-3-2-4-6-17)22(30)29-28-14-16-7-10-19(11-8-16)23(25,26)27/h2-15H,1H3,(H,29,30)/b28-14+. The predicted molar refractivity (Wildman–Crippen MR) is 107 cm³/mol. The van der Waals surface area contributed by atoms with Crippen molar-refractivity contribution in [3.63, 3.8) is 0 Å². The highest BCUT2D eigenvalue weighted by Crippen LogP contribution is 2.29. The molecule has 3 nitrogen and oxygen atoms in total. The number of carbonyl (C=O) groups is 1. The van der Waals surface area contributed by atoms with Crippen LogP contribution in [0.4, 0.5) is 17.6 Å². The van der Waals surface area contributed by atoms with Crippen LogP contribution in [-0.4, -0.2) is 12.1 Å². The minimum absolute atomic E-state index is 0.397. The summed E-state index contributed by atoms with van der Waals surface area (Å²) in [6.07, 6.45) is -3.17. The lowest BCUT2D eigenvalue weighted by Gasteiger charge is -2.12. The van der Waals surface area contributed by atoms with E-state index in [2.05, 4.69) is 10.5 Å². The summed E-state index contributed by atoms with van der Waals surface area (Å²) in [7, 11) is 0. The molecule has 0 saturated carbocycles. The zero-order valence-corrected chi connectivity index (χ0v) is 16.0. The van der Waals surface area contributed by atoms with E-state index in [-0.39, 0.29) is 0 Å². The molecule has 0 aliphatic heterocycles. The van der Waals surface area contributed by atoms with Gasteiger partial charge >= 0.3 is 6.18 Å². The smallest absolute Gasteiger partial charge is 0.272 e. The van der Waals surface area contributed by atoms with Crippen LogP contribution in [0, 0.1) is 5.82 Å². The number of alkyl halides is 3. The highest BCUT2D eigenvalue weighted by molar-refractivity contribution is 5.86. The van der Waals surface area contributed by atoms with Gasteiger partial charge in [-0.25, -0.2) is 9.82 Å². The van der Waals surface area contributed by atoms with Crippen molar-refractivity contribution >= 4 is 12.1 Å². The van der Waals surface area contributed by atoms with Gasteiger partial charge in [0.25, 0.3) is 0 Å². The lowest BCUT2D eigenvalue weighted by atomic mass is 9.96. The van der Waals surface area contributed by atoms with Crippen molar-refractivity contribution in [3.05, 3.63) is 95.3 Å². The molecule has 0 aliphatic carbocycles. The molecule has 1 amide bonds. The maximum Gasteiger partial charge on any atom is 0.416 e. The first-order chi connectivity index (χ1) is 14.3. The number of nitrogens with one attached hydrogen (secondary N) is 1. The van der Waals surface area contributed by atoms with E-state index in [0.29, 0.717) is 16.7 Å². The Balaban J connectivity index is 1.64. The Labute approximate surface area is 171 Å². The number of halogens is 4. The Morgan fingerprint density at radius 2 is 1.67 bits per heavy atom. The minimum Gasteiger partial charge on any atom is -0.272 e. The molecule has 1 unspecified atom stereocenters. The van der Waals surface area contributed by atoms with E-state index in [1.165, 1.54) is 24.4 Å². The third-order valence-corrected chi connectivity index (χ3v) is 4.60. The van der Waals surface area contributed by atoms with Gasteiger partial charge in [-0.3, -0.25) is 4.79 Å².